The number of unbranched alkanes of at least 4 members (excludes halogenated alkanes) is 1. The van der Waals surface area contributed by atoms with Crippen molar-refractivity contribution in [2.45, 2.75) is 12.8 Å². The van der Waals surface area contributed by atoms with Crippen LogP contribution in [0.5, 0.6) is 0 Å². The molecule has 0 aliphatic carbocycles. The van der Waals surface area contributed by atoms with Gasteiger partial charge in [-0.25, -0.2) is 11.7 Å². The van der Waals surface area contributed by atoms with Crippen molar-refractivity contribution in [1.82, 2.24) is 10.6 Å². The number of nitrogen functional groups attached to an aromatic ring is 2. The lowest BCUT2D eigenvalue weighted by Gasteiger charge is -2.06. The van der Waals surface area contributed by atoms with Crippen LogP contribution in [0.3, 0.4) is 0 Å². The Hall–Kier alpha value is -3.16. The molecule has 0 saturated heterocycles. The van der Waals surface area contributed by atoms with Crippen LogP contribution in [-0.4, -0.2) is 24.9 Å². The molecule has 2 heterocycles. The number of carbonyl (C=O) groups excluding carboxylic acids is 2. The lowest BCUT2D eigenvalue weighted by molar-refractivity contribution is -0.639. The number of carbonyl (C=O) groups is 2. The summed E-state index contributed by atoms with van der Waals surface area (Å²) in [5, 5.41) is 5.63. The van der Waals surface area contributed by atoms with Crippen LogP contribution in [0.4, 0.5) is 0 Å². The highest BCUT2D eigenvalue weighted by Gasteiger charge is 2.10. The molecular formula is C16H22N6O2+2. The topological polar surface area (TPSA) is 118 Å². The van der Waals surface area contributed by atoms with Gasteiger partial charge in [0.05, 0.1) is 0 Å². The van der Waals surface area contributed by atoms with Crippen molar-refractivity contribution in [3.63, 3.8) is 0 Å². The molecular weight excluding hydrogens is 308 g/mol. The van der Waals surface area contributed by atoms with Crippen LogP contribution >= 0.6 is 0 Å². The second-order valence-corrected chi connectivity index (χ2v) is 5.30. The number of aromatic nitrogens is 2. The monoisotopic (exact) mass is 330 g/mol. The summed E-state index contributed by atoms with van der Waals surface area (Å²) in [6.07, 6.45) is 7.93. The number of rotatable bonds is 7. The van der Waals surface area contributed by atoms with Crippen molar-refractivity contribution in [3.05, 3.63) is 60.2 Å². The van der Waals surface area contributed by atoms with Gasteiger partial charge in [0.15, 0.2) is 12.4 Å². The molecule has 0 aliphatic heterocycles. The van der Waals surface area contributed by atoms with E-state index in [1.54, 1.807) is 49.1 Å². The van der Waals surface area contributed by atoms with Gasteiger partial charge in [0.2, 0.25) is 12.4 Å². The molecule has 24 heavy (non-hydrogen) atoms. The van der Waals surface area contributed by atoms with E-state index >= 15 is 0 Å². The second kappa shape index (κ2) is 8.47. The second-order valence-electron chi connectivity index (χ2n) is 5.30. The van der Waals surface area contributed by atoms with Gasteiger partial charge in [-0.3, -0.25) is 9.59 Å². The van der Waals surface area contributed by atoms with Crippen LogP contribution in [0, 0.1) is 0 Å². The number of nitrogens with zero attached hydrogens (tertiary/aromatic N) is 2. The van der Waals surface area contributed by atoms with E-state index in [0.29, 0.717) is 24.2 Å². The molecule has 6 N–H and O–H groups in total. The molecule has 126 valence electrons. The molecule has 0 spiro atoms. The maximum Gasteiger partial charge on any atom is 0.257 e. The van der Waals surface area contributed by atoms with Gasteiger partial charge < -0.3 is 10.6 Å². The van der Waals surface area contributed by atoms with Crippen LogP contribution in [0.2, 0.25) is 0 Å². The predicted octanol–water partition coefficient (Wildman–Crippen LogP) is -1.37. The lowest BCUT2D eigenvalue weighted by atomic mass is 10.2. The zero-order chi connectivity index (χ0) is 17.4. The minimum absolute atomic E-state index is 0.171. The first-order valence-corrected chi connectivity index (χ1v) is 7.65. The smallest absolute Gasteiger partial charge is 0.257 e. The van der Waals surface area contributed by atoms with Gasteiger partial charge in [0.25, 0.3) is 11.8 Å². The fraction of sp³-hybridized carbons (Fsp3) is 0.250. The Kier molecular flexibility index (Phi) is 6.07. The minimum atomic E-state index is -0.171. The van der Waals surface area contributed by atoms with Gasteiger partial charge in [-0.05, 0) is 25.0 Å². The van der Waals surface area contributed by atoms with E-state index in [1.165, 1.54) is 9.35 Å². The van der Waals surface area contributed by atoms with Gasteiger partial charge >= 0.3 is 0 Å². The first-order chi connectivity index (χ1) is 11.6. The quantitative estimate of drug-likeness (QED) is 0.284. The number of nitrogens with one attached hydrogen (secondary N) is 2. The van der Waals surface area contributed by atoms with Crippen LogP contribution < -0.4 is 31.7 Å². The molecule has 8 heteroatoms. The predicted molar refractivity (Wildman–Crippen MR) is 87.5 cm³/mol. The summed E-state index contributed by atoms with van der Waals surface area (Å²) in [5.41, 5.74) is 1.01. The summed E-state index contributed by atoms with van der Waals surface area (Å²) in [7, 11) is 0. The summed E-state index contributed by atoms with van der Waals surface area (Å²) >= 11 is 0. The van der Waals surface area contributed by atoms with Crippen molar-refractivity contribution in [2.75, 3.05) is 24.8 Å². The number of hydrogen-bond donors (Lipinski definition) is 4. The van der Waals surface area contributed by atoms with Crippen LogP contribution in [0.1, 0.15) is 33.6 Å². The summed E-state index contributed by atoms with van der Waals surface area (Å²) in [4.78, 5) is 23.8. The Morgan fingerprint density at radius 1 is 0.833 bits per heavy atom. The van der Waals surface area contributed by atoms with Gasteiger partial charge in [0, 0.05) is 25.2 Å². The van der Waals surface area contributed by atoms with E-state index < -0.39 is 0 Å². The van der Waals surface area contributed by atoms with E-state index in [9.17, 15) is 9.59 Å². The van der Waals surface area contributed by atoms with Gasteiger partial charge in [0.1, 0.15) is 11.1 Å². The molecule has 0 unspecified atom stereocenters. The molecule has 2 aromatic heterocycles. The highest BCUT2D eigenvalue weighted by Crippen LogP contribution is 1.96. The number of pyridine rings is 2. The third-order valence-electron chi connectivity index (χ3n) is 3.34. The van der Waals surface area contributed by atoms with Crippen molar-refractivity contribution in [3.8, 4) is 0 Å². The maximum absolute atomic E-state index is 11.9. The molecule has 0 fully saturated rings. The highest BCUT2D eigenvalue weighted by molar-refractivity contribution is 5.94. The van der Waals surface area contributed by atoms with Crippen LogP contribution in [0.15, 0.2) is 49.1 Å². The van der Waals surface area contributed by atoms with Gasteiger partial charge in [-0.1, -0.05) is 9.35 Å². The fourth-order valence-corrected chi connectivity index (χ4v) is 2.11. The average Bonchev–Trinajstić information content (AvgIpc) is 2.57. The van der Waals surface area contributed by atoms with Crippen molar-refractivity contribution >= 4 is 11.8 Å². The molecule has 0 radical (unpaired) electrons. The van der Waals surface area contributed by atoms with Crippen molar-refractivity contribution in [2.24, 2.45) is 0 Å². The Morgan fingerprint density at radius 2 is 1.25 bits per heavy atom. The summed E-state index contributed by atoms with van der Waals surface area (Å²) < 4.78 is 2.66. The van der Waals surface area contributed by atoms with Crippen LogP contribution in [0.25, 0.3) is 0 Å². The van der Waals surface area contributed by atoms with E-state index in [4.69, 9.17) is 11.7 Å². The summed E-state index contributed by atoms with van der Waals surface area (Å²) in [5.74, 6) is 10.8. The third-order valence-corrected chi connectivity index (χ3v) is 3.34. The SMILES string of the molecule is N[n+]1cccc(C(=O)NCCCCNC(=O)c2ccc[n+](N)c2)c1. The van der Waals surface area contributed by atoms with Crippen LogP contribution in [-0.2, 0) is 0 Å². The Morgan fingerprint density at radius 3 is 1.62 bits per heavy atom. The Balaban J connectivity index is 1.63. The zero-order valence-electron chi connectivity index (χ0n) is 13.3. The molecule has 0 bridgehead atoms. The van der Waals surface area contributed by atoms with Crippen molar-refractivity contribution < 1.29 is 18.9 Å². The largest absolute Gasteiger partial charge is 0.352 e. The molecule has 2 aromatic rings. The maximum atomic E-state index is 11.9. The van der Waals surface area contributed by atoms with E-state index in [0.717, 1.165) is 12.8 Å². The molecule has 0 aliphatic rings. The number of nitrogens with two attached hydrogens (primary N) is 2. The molecule has 0 atom stereocenters. The summed E-state index contributed by atoms with van der Waals surface area (Å²) in [6, 6.07) is 6.81. The highest BCUT2D eigenvalue weighted by atomic mass is 16.2. The van der Waals surface area contributed by atoms with E-state index in [-0.39, 0.29) is 11.8 Å². The average molecular weight is 330 g/mol. The Bertz CT molecular complexity index is 658. The van der Waals surface area contributed by atoms with Gasteiger partial charge in [-0.2, -0.15) is 0 Å². The number of amides is 2. The van der Waals surface area contributed by atoms with Crippen molar-refractivity contribution in [1.29, 1.82) is 0 Å². The number of hydrogen-bond acceptors (Lipinski definition) is 4. The molecule has 0 saturated carbocycles. The first-order valence-electron chi connectivity index (χ1n) is 7.65. The molecule has 0 aromatic carbocycles. The first kappa shape index (κ1) is 17.2. The fourth-order valence-electron chi connectivity index (χ4n) is 2.11. The Labute approximate surface area is 140 Å². The lowest BCUT2D eigenvalue weighted by Crippen LogP contribution is -2.44. The third kappa shape index (κ3) is 5.24. The zero-order valence-corrected chi connectivity index (χ0v) is 13.3. The van der Waals surface area contributed by atoms with E-state index in [1.807, 2.05) is 0 Å². The minimum Gasteiger partial charge on any atom is -0.352 e. The summed E-state index contributed by atoms with van der Waals surface area (Å²) in [6.45, 7) is 1.06. The van der Waals surface area contributed by atoms with Gasteiger partial charge in [-0.15, -0.1) is 0 Å². The van der Waals surface area contributed by atoms with E-state index in [2.05, 4.69) is 10.6 Å². The molecule has 2 rings (SSSR count). The molecule has 2 amide bonds. The normalized spacial score (nSPS) is 10.2. The molecule has 8 nitrogen and oxygen atoms in total. The standard InChI is InChI=1S/C16H20N6O2/c17-21-9-3-5-13(11-21)15(23)19-7-1-2-8-20-16(24)14-6-4-10-22(18)12-14/h3-6,9-12H,1-2,7-8,17-18H2/p+2.